The van der Waals surface area contributed by atoms with Crippen molar-refractivity contribution in [2.45, 2.75) is 13.8 Å². The number of anilines is 1. The molecule has 0 atom stereocenters. The molecule has 2 rings (SSSR count). The van der Waals surface area contributed by atoms with Gasteiger partial charge in [-0.05, 0) is 13.8 Å². The molecule has 1 aliphatic rings. The van der Waals surface area contributed by atoms with Gasteiger partial charge in [0.1, 0.15) is 0 Å². The summed E-state index contributed by atoms with van der Waals surface area (Å²) in [5.41, 5.74) is 0.396. The van der Waals surface area contributed by atoms with Crippen LogP contribution < -0.4 is 10.0 Å². The number of rotatable bonds is 3. The van der Waals surface area contributed by atoms with E-state index in [9.17, 15) is 14.7 Å². The fourth-order valence-corrected chi connectivity index (χ4v) is 2.66. The Morgan fingerprint density at radius 3 is 2.71 bits per heavy atom. The maximum atomic E-state index is 11.9. The maximum Gasteiger partial charge on any atom is 0.326 e. The minimum atomic E-state index is -1.25. The average Bonchev–Trinajstić information content (AvgIpc) is 2.81. The number of amides is 2. The smallest absolute Gasteiger partial charge is 0.326 e. The molecule has 1 aromatic heterocycles. The summed E-state index contributed by atoms with van der Waals surface area (Å²) in [6, 6.07) is -0.119. The average molecular weight is 254 g/mol. The van der Waals surface area contributed by atoms with Crippen molar-refractivity contribution in [3.05, 3.63) is 10.6 Å². The summed E-state index contributed by atoms with van der Waals surface area (Å²) in [7, 11) is 0. The molecule has 7 heteroatoms. The fraction of sp³-hybridized carbons (Fsp3) is 0.500. The topological polar surface area (TPSA) is 76.6 Å². The molecule has 1 fully saturated rings. The number of thiazole rings is 1. The van der Waals surface area contributed by atoms with E-state index in [2.05, 4.69) is 4.98 Å². The molecule has 0 unspecified atom stereocenters. The minimum Gasteiger partial charge on any atom is -0.544 e. The molecule has 0 bridgehead atoms. The van der Waals surface area contributed by atoms with Crippen molar-refractivity contribution < 1.29 is 14.7 Å². The third-order valence-corrected chi connectivity index (χ3v) is 3.84. The standard InChI is InChI=1S/C10H13N3O3S/c1-3-12-4-5-13(10(12)16)9-11-6(2)7(17-9)8(14)15/h3-5H2,1-2H3,(H,14,15)/p-1. The zero-order valence-corrected chi connectivity index (χ0v) is 10.4. The third-order valence-electron chi connectivity index (χ3n) is 2.68. The van der Waals surface area contributed by atoms with Crippen molar-refractivity contribution >= 4 is 28.5 Å². The first-order valence-corrected chi connectivity index (χ1v) is 6.11. The number of likely N-dealkylation sites (N-methyl/N-ethyl adjacent to an activating group) is 1. The van der Waals surface area contributed by atoms with Gasteiger partial charge in [0.25, 0.3) is 0 Å². The molecule has 2 amide bonds. The molecule has 1 saturated heterocycles. The lowest BCUT2D eigenvalue weighted by molar-refractivity contribution is -0.254. The second kappa shape index (κ2) is 4.33. The number of aromatic carboxylic acids is 1. The number of nitrogens with zero attached hydrogens (tertiary/aromatic N) is 3. The molecule has 1 aliphatic heterocycles. The van der Waals surface area contributed by atoms with Crippen LogP contribution in [0, 0.1) is 6.92 Å². The number of carbonyl (C=O) groups excluding carboxylic acids is 2. The predicted molar refractivity (Wildman–Crippen MR) is 61.2 cm³/mol. The zero-order chi connectivity index (χ0) is 12.6. The quantitative estimate of drug-likeness (QED) is 0.765. The van der Waals surface area contributed by atoms with Crippen LogP contribution in [0.1, 0.15) is 22.3 Å². The van der Waals surface area contributed by atoms with Gasteiger partial charge in [0, 0.05) is 19.6 Å². The lowest BCUT2D eigenvalue weighted by Crippen LogP contribution is -2.31. The van der Waals surface area contributed by atoms with E-state index < -0.39 is 5.97 Å². The van der Waals surface area contributed by atoms with E-state index in [-0.39, 0.29) is 10.9 Å². The van der Waals surface area contributed by atoms with Crippen molar-refractivity contribution in [3.63, 3.8) is 0 Å². The first-order valence-electron chi connectivity index (χ1n) is 5.29. The molecule has 0 N–H and O–H groups in total. The highest BCUT2D eigenvalue weighted by Crippen LogP contribution is 2.28. The zero-order valence-electron chi connectivity index (χ0n) is 9.60. The van der Waals surface area contributed by atoms with E-state index in [0.29, 0.717) is 30.5 Å². The van der Waals surface area contributed by atoms with Crippen LogP contribution in [-0.2, 0) is 0 Å². The first kappa shape index (κ1) is 11.8. The van der Waals surface area contributed by atoms with Gasteiger partial charge < -0.3 is 14.8 Å². The van der Waals surface area contributed by atoms with Crippen molar-refractivity contribution in [1.29, 1.82) is 0 Å². The predicted octanol–water partition coefficient (Wildman–Crippen LogP) is 0.0769. The number of aryl methyl sites for hydroxylation is 1. The van der Waals surface area contributed by atoms with Gasteiger partial charge in [-0.15, -0.1) is 0 Å². The van der Waals surface area contributed by atoms with E-state index >= 15 is 0 Å². The van der Waals surface area contributed by atoms with Crippen LogP contribution in [0.5, 0.6) is 0 Å². The van der Waals surface area contributed by atoms with Gasteiger partial charge in [-0.1, -0.05) is 11.3 Å². The monoisotopic (exact) mass is 254 g/mol. The number of carboxylic acid groups (broad SMARTS) is 1. The Morgan fingerprint density at radius 2 is 2.24 bits per heavy atom. The second-order valence-corrected chi connectivity index (χ2v) is 4.69. The molecule has 0 saturated carbocycles. The van der Waals surface area contributed by atoms with Crippen LogP contribution in [0.25, 0.3) is 0 Å². The Morgan fingerprint density at radius 1 is 1.53 bits per heavy atom. The van der Waals surface area contributed by atoms with Crippen LogP contribution >= 0.6 is 11.3 Å². The highest BCUT2D eigenvalue weighted by molar-refractivity contribution is 7.17. The molecular weight excluding hydrogens is 242 g/mol. The van der Waals surface area contributed by atoms with Gasteiger partial charge in [0.15, 0.2) is 5.13 Å². The highest BCUT2D eigenvalue weighted by Gasteiger charge is 2.30. The van der Waals surface area contributed by atoms with Crippen molar-refractivity contribution in [2.24, 2.45) is 0 Å². The van der Waals surface area contributed by atoms with Gasteiger partial charge in [-0.25, -0.2) is 9.78 Å². The van der Waals surface area contributed by atoms with Crippen LogP contribution in [0.3, 0.4) is 0 Å². The molecule has 2 heterocycles. The van der Waals surface area contributed by atoms with Gasteiger partial charge in [-0.2, -0.15) is 0 Å². The first-order chi connectivity index (χ1) is 8.04. The van der Waals surface area contributed by atoms with Crippen LogP contribution in [0.15, 0.2) is 0 Å². The fourth-order valence-electron chi connectivity index (χ4n) is 1.74. The van der Waals surface area contributed by atoms with Crippen molar-refractivity contribution in [1.82, 2.24) is 9.88 Å². The minimum absolute atomic E-state index is 0.0859. The van der Waals surface area contributed by atoms with Crippen LogP contribution in [0.2, 0.25) is 0 Å². The van der Waals surface area contributed by atoms with E-state index in [1.165, 1.54) is 4.90 Å². The molecular formula is C10H12N3O3S-. The maximum absolute atomic E-state index is 11.9. The summed E-state index contributed by atoms with van der Waals surface area (Å²) in [4.78, 5) is 30.1. The van der Waals surface area contributed by atoms with Crippen molar-refractivity contribution in [3.8, 4) is 0 Å². The molecule has 1 aromatic rings. The SMILES string of the molecule is CCN1CCN(c2nc(C)c(C(=O)[O-])s2)C1=O. The van der Waals surface area contributed by atoms with Gasteiger partial charge in [0.2, 0.25) is 0 Å². The third kappa shape index (κ3) is 1.97. The van der Waals surface area contributed by atoms with Crippen LogP contribution in [-0.4, -0.2) is 41.5 Å². The Hall–Kier alpha value is -1.63. The summed E-state index contributed by atoms with van der Waals surface area (Å²) in [6.07, 6.45) is 0. The molecule has 0 aromatic carbocycles. The van der Waals surface area contributed by atoms with Crippen molar-refractivity contribution in [2.75, 3.05) is 24.5 Å². The summed E-state index contributed by atoms with van der Waals surface area (Å²) in [5.74, 6) is -1.25. The van der Waals surface area contributed by atoms with Gasteiger partial charge in [-0.3, -0.25) is 4.90 Å². The van der Waals surface area contributed by atoms with E-state index in [1.807, 2.05) is 6.92 Å². The largest absolute Gasteiger partial charge is 0.544 e. The summed E-state index contributed by atoms with van der Waals surface area (Å²) in [5, 5.41) is 11.2. The molecule has 0 aliphatic carbocycles. The number of aromatic nitrogens is 1. The molecule has 0 radical (unpaired) electrons. The second-order valence-electron chi connectivity index (χ2n) is 3.71. The number of hydrogen-bond acceptors (Lipinski definition) is 5. The molecule has 6 nitrogen and oxygen atoms in total. The number of carbonyl (C=O) groups is 2. The van der Waals surface area contributed by atoms with Gasteiger partial charge in [0.05, 0.1) is 16.5 Å². The summed E-state index contributed by atoms with van der Waals surface area (Å²) in [6.45, 7) is 5.35. The number of carboxylic acids is 1. The lowest BCUT2D eigenvalue weighted by atomic mass is 10.4. The Labute approximate surface area is 102 Å². The normalized spacial score (nSPS) is 15.8. The Balaban J connectivity index is 2.27. The van der Waals surface area contributed by atoms with Gasteiger partial charge >= 0.3 is 6.03 Å². The van der Waals surface area contributed by atoms with E-state index in [1.54, 1.807) is 11.8 Å². The van der Waals surface area contributed by atoms with Crippen LogP contribution in [0.4, 0.5) is 9.93 Å². The summed E-state index contributed by atoms with van der Waals surface area (Å²) >= 11 is 0.986. The summed E-state index contributed by atoms with van der Waals surface area (Å²) < 4.78 is 0. The number of urea groups is 1. The lowest BCUT2D eigenvalue weighted by Gasteiger charge is -2.14. The Bertz CT molecular complexity index is 471. The molecule has 92 valence electrons. The Kier molecular flexibility index (Phi) is 3.01. The van der Waals surface area contributed by atoms with E-state index in [4.69, 9.17) is 0 Å². The van der Waals surface area contributed by atoms with E-state index in [0.717, 1.165) is 11.3 Å². The molecule has 0 spiro atoms. The number of hydrogen-bond donors (Lipinski definition) is 0. The highest BCUT2D eigenvalue weighted by atomic mass is 32.1. The molecule has 17 heavy (non-hydrogen) atoms.